The van der Waals surface area contributed by atoms with Gasteiger partial charge in [0, 0.05) is 11.1 Å². The minimum atomic E-state index is -1.04. The summed E-state index contributed by atoms with van der Waals surface area (Å²) in [6.07, 6.45) is 0.601. The van der Waals surface area contributed by atoms with Crippen molar-refractivity contribution in [1.29, 1.82) is 0 Å². The van der Waals surface area contributed by atoms with E-state index in [4.69, 9.17) is 16.6 Å². The summed E-state index contributed by atoms with van der Waals surface area (Å²) in [6, 6.07) is 12.3. The van der Waals surface area contributed by atoms with E-state index in [-0.39, 0.29) is 30.4 Å². The number of hydrogen-bond acceptors (Lipinski definition) is 7. The lowest BCUT2D eigenvalue weighted by Crippen LogP contribution is -2.33. The number of carbonyl (C=O) groups excluding carboxylic acids is 3. The van der Waals surface area contributed by atoms with Gasteiger partial charge in [-0.05, 0) is 49.9 Å². The van der Waals surface area contributed by atoms with Gasteiger partial charge < -0.3 is 21.3 Å². The van der Waals surface area contributed by atoms with E-state index in [2.05, 4.69) is 4.74 Å². The predicted molar refractivity (Wildman–Crippen MR) is 123 cm³/mol. The van der Waals surface area contributed by atoms with Gasteiger partial charge in [0.25, 0.3) is 0 Å². The van der Waals surface area contributed by atoms with Gasteiger partial charge in [0.05, 0.1) is 7.11 Å². The van der Waals surface area contributed by atoms with Crippen LogP contribution >= 0.6 is 12.4 Å². The molecule has 0 saturated heterocycles. The van der Waals surface area contributed by atoms with Crippen LogP contribution in [-0.4, -0.2) is 47.8 Å². The number of Topliss-reactive ketones (excluding diaryl/α,β-unsaturated/α-hetero) is 2. The van der Waals surface area contributed by atoms with E-state index in [0.29, 0.717) is 17.5 Å². The normalized spacial score (nSPS) is 11.7. The lowest BCUT2D eigenvalue weighted by Gasteiger charge is -2.09. The maximum Gasteiger partial charge on any atom is 0.322 e. The van der Waals surface area contributed by atoms with Gasteiger partial charge in [-0.3, -0.25) is 19.2 Å². The second kappa shape index (κ2) is 14.1. The van der Waals surface area contributed by atoms with E-state index in [0.717, 1.165) is 11.1 Å². The molecule has 0 bridgehead atoms. The molecule has 0 fully saturated rings. The molecule has 0 saturated carbocycles. The maximum absolute atomic E-state index is 11.2. The van der Waals surface area contributed by atoms with Crippen molar-refractivity contribution in [3.8, 4) is 0 Å². The van der Waals surface area contributed by atoms with Gasteiger partial charge in [-0.1, -0.05) is 36.4 Å². The number of esters is 1. The third-order valence-corrected chi connectivity index (χ3v) is 4.40. The number of hydrogen-bond donors (Lipinski definition) is 3. The molecule has 2 rings (SSSR count). The number of nitrogens with two attached hydrogens (primary N) is 2. The molecule has 8 nitrogen and oxygen atoms in total. The third kappa shape index (κ3) is 9.82. The minimum Gasteiger partial charge on any atom is -0.480 e. The number of benzene rings is 2. The van der Waals surface area contributed by atoms with Crippen LogP contribution in [0.4, 0.5) is 0 Å². The number of rotatable bonds is 8. The molecule has 0 amide bonds. The Kier molecular flexibility index (Phi) is 12.7. The van der Waals surface area contributed by atoms with Gasteiger partial charge in [0.2, 0.25) is 0 Å². The zero-order valence-corrected chi connectivity index (χ0v) is 19.1. The fraction of sp³-hybridized carbons (Fsp3) is 0.304. The molecule has 32 heavy (non-hydrogen) atoms. The van der Waals surface area contributed by atoms with Gasteiger partial charge in [0.15, 0.2) is 11.6 Å². The van der Waals surface area contributed by atoms with Gasteiger partial charge in [-0.2, -0.15) is 0 Å². The summed E-state index contributed by atoms with van der Waals surface area (Å²) in [4.78, 5) is 43.9. The number of halogens is 1. The molecule has 174 valence electrons. The van der Waals surface area contributed by atoms with Crippen molar-refractivity contribution in [2.24, 2.45) is 11.5 Å². The summed E-state index contributed by atoms with van der Waals surface area (Å²) in [5.41, 5.74) is 13.8. The Labute approximate surface area is 193 Å². The molecule has 0 radical (unpaired) electrons. The topological polar surface area (TPSA) is 150 Å². The van der Waals surface area contributed by atoms with Crippen LogP contribution in [0.3, 0.4) is 0 Å². The second-order valence-corrected chi connectivity index (χ2v) is 7.00. The molecule has 0 spiro atoms. The number of aliphatic carboxylic acids is 1. The number of methoxy groups -OCH3 is 1. The summed E-state index contributed by atoms with van der Waals surface area (Å²) in [6.45, 7) is 2.97. The van der Waals surface area contributed by atoms with Crippen molar-refractivity contribution in [3.63, 3.8) is 0 Å². The van der Waals surface area contributed by atoms with Crippen molar-refractivity contribution >= 4 is 35.9 Å². The third-order valence-electron chi connectivity index (χ3n) is 4.40. The van der Waals surface area contributed by atoms with Gasteiger partial charge in [0.1, 0.15) is 12.1 Å². The fourth-order valence-corrected chi connectivity index (χ4v) is 2.66. The molecular weight excluding hydrogens is 436 g/mol. The first-order chi connectivity index (χ1) is 14.5. The Balaban J connectivity index is 0.000000584. The molecule has 2 atom stereocenters. The smallest absolute Gasteiger partial charge is 0.322 e. The maximum atomic E-state index is 11.2. The number of carbonyl (C=O) groups is 4. The Morgan fingerprint density at radius 3 is 1.59 bits per heavy atom. The zero-order valence-electron chi connectivity index (χ0n) is 18.2. The number of ether oxygens (including phenoxy) is 1. The molecular formula is C23H29ClN2O6. The summed E-state index contributed by atoms with van der Waals surface area (Å²) in [5.74, 6) is -1.54. The summed E-state index contributed by atoms with van der Waals surface area (Å²) in [7, 11) is 1.30. The fourth-order valence-electron chi connectivity index (χ4n) is 2.66. The predicted octanol–water partition coefficient (Wildman–Crippen LogP) is 2.20. The lowest BCUT2D eigenvalue weighted by atomic mass is 10.0. The first kappa shape index (κ1) is 28.9. The Bertz CT molecular complexity index is 948. The largest absolute Gasteiger partial charge is 0.480 e. The van der Waals surface area contributed by atoms with Crippen molar-refractivity contribution < 1.29 is 29.0 Å². The van der Waals surface area contributed by atoms with Crippen molar-refractivity contribution in [2.75, 3.05) is 7.11 Å². The van der Waals surface area contributed by atoms with E-state index >= 15 is 0 Å². The van der Waals surface area contributed by atoms with Crippen LogP contribution in [0.5, 0.6) is 0 Å². The van der Waals surface area contributed by atoms with Crippen LogP contribution in [0.15, 0.2) is 48.5 Å². The van der Waals surface area contributed by atoms with Gasteiger partial charge >= 0.3 is 11.9 Å². The van der Waals surface area contributed by atoms with Crippen LogP contribution in [0.2, 0.25) is 0 Å². The first-order valence-electron chi connectivity index (χ1n) is 9.56. The van der Waals surface area contributed by atoms with Gasteiger partial charge in [-0.15, -0.1) is 12.4 Å². The Morgan fingerprint density at radius 2 is 1.25 bits per heavy atom. The Morgan fingerprint density at radius 1 is 0.844 bits per heavy atom. The van der Waals surface area contributed by atoms with Crippen molar-refractivity contribution in [1.82, 2.24) is 0 Å². The van der Waals surface area contributed by atoms with Crippen LogP contribution in [0.1, 0.15) is 45.7 Å². The highest BCUT2D eigenvalue weighted by Crippen LogP contribution is 2.09. The lowest BCUT2D eigenvalue weighted by molar-refractivity contribution is -0.142. The van der Waals surface area contributed by atoms with E-state index < -0.39 is 24.0 Å². The molecule has 5 N–H and O–H groups in total. The van der Waals surface area contributed by atoms with Crippen LogP contribution in [0, 0.1) is 0 Å². The minimum absolute atomic E-state index is 0. The van der Waals surface area contributed by atoms with E-state index in [1.165, 1.54) is 21.0 Å². The number of carboxylic acids is 1. The summed E-state index contributed by atoms with van der Waals surface area (Å²) >= 11 is 0. The highest BCUT2D eigenvalue weighted by Gasteiger charge is 2.14. The second-order valence-electron chi connectivity index (χ2n) is 7.00. The van der Waals surface area contributed by atoms with Crippen molar-refractivity contribution in [2.45, 2.75) is 38.8 Å². The van der Waals surface area contributed by atoms with Crippen LogP contribution < -0.4 is 11.5 Å². The molecule has 0 aromatic heterocycles. The highest BCUT2D eigenvalue weighted by molar-refractivity contribution is 5.94. The molecule has 2 aromatic carbocycles. The summed E-state index contributed by atoms with van der Waals surface area (Å²) < 4.78 is 4.53. The van der Waals surface area contributed by atoms with E-state index in [1.54, 1.807) is 42.5 Å². The van der Waals surface area contributed by atoms with Crippen LogP contribution in [0.25, 0.3) is 0 Å². The first-order valence-corrected chi connectivity index (χ1v) is 9.56. The zero-order chi connectivity index (χ0) is 23.6. The van der Waals surface area contributed by atoms with E-state index in [9.17, 15) is 19.2 Å². The van der Waals surface area contributed by atoms with Crippen LogP contribution in [-0.2, 0) is 27.2 Å². The molecule has 0 heterocycles. The van der Waals surface area contributed by atoms with Crippen molar-refractivity contribution in [3.05, 3.63) is 70.8 Å². The van der Waals surface area contributed by atoms with E-state index in [1.807, 2.05) is 6.07 Å². The standard InChI is InChI=1S/C12H15NO3.C11H13NO3.ClH/c1-8(14)10-5-3-4-9(6-10)7-11(13)12(15)16-2;1-7(13)9-4-2-3-8(5-9)6-10(12)11(14)15;/h3-6,11H,7,13H2,1-2H3;2-5,10H,6,12H2,1H3,(H,14,15);1H. The molecule has 0 aliphatic rings. The monoisotopic (exact) mass is 464 g/mol. The molecule has 0 aliphatic carbocycles. The molecule has 0 aliphatic heterocycles. The average molecular weight is 465 g/mol. The molecule has 2 unspecified atom stereocenters. The SMILES string of the molecule is CC(=O)c1cccc(CC(N)C(=O)O)c1.COC(=O)C(N)Cc1cccc(C(C)=O)c1.Cl. The molecule has 2 aromatic rings. The number of ketones is 2. The quantitative estimate of drug-likeness (QED) is 0.397. The summed E-state index contributed by atoms with van der Waals surface area (Å²) in [5, 5.41) is 8.63. The average Bonchev–Trinajstić information content (AvgIpc) is 2.73. The van der Waals surface area contributed by atoms with Gasteiger partial charge in [-0.25, -0.2) is 0 Å². The molecule has 9 heteroatoms. The number of carboxylic acid groups (broad SMARTS) is 1. The highest BCUT2D eigenvalue weighted by atomic mass is 35.5. The Hall–Kier alpha value is -3.07.